The van der Waals surface area contributed by atoms with Crippen LogP contribution >= 0.6 is 7.82 Å². The fourth-order valence-electron chi connectivity index (χ4n) is 9.03. The highest BCUT2D eigenvalue weighted by molar-refractivity contribution is 7.46. The predicted molar refractivity (Wildman–Crippen MR) is 249 cm³/mol. The van der Waals surface area contributed by atoms with Crippen molar-refractivity contribution in [2.45, 2.75) is 260 Å². The first-order valence-electron chi connectivity index (χ1n) is 24.0. The monoisotopic (exact) mass is 811 g/mol. The highest BCUT2D eigenvalue weighted by atomic mass is 31.2. The van der Waals surface area contributed by atoms with Crippen LogP contribution in [0.2, 0.25) is 0 Å². The van der Waals surface area contributed by atoms with Crippen LogP contribution in [0.25, 0.3) is 0 Å². The van der Waals surface area contributed by atoms with E-state index in [0.717, 1.165) is 47.9 Å². The molecule has 0 aliphatic carbocycles. The van der Waals surface area contributed by atoms with Crippen LogP contribution in [-0.4, -0.2) is 9.79 Å². The Hall–Kier alpha value is -1.45. The van der Waals surface area contributed by atoms with E-state index in [1.165, 1.54) is 151 Å². The number of hydrogen-bond acceptors (Lipinski definition) is 2. The van der Waals surface area contributed by atoms with Crippen LogP contribution in [0, 0.1) is 13.8 Å². The molecule has 2 aromatic rings. The average molecular weight is 811 g/mol. The number of hydrogen-bond donors (Lipinski definition) is 2. The Labute approximate surface area is 353 Å². The average Bonchev–Trinajstić information content (AvgIpc) is 3.12. The molecule has 0 saturated carbocycles. The molecule has 5 heteroatoms. The molecule has 2 N–H and O–H groups in total. The highest BCUT2D eigenvalue weighted by Crippen LogP contribution is 2.55. The van der Waals surface area contributed by atoms with E-state index in [1.54, 1.807) is 0 Å². The van der Waals surface area contributed by atoms with Gasteiger partial charge in [-0.15, -0.1) is 0 Å². The van der Waals surface area contributed by atoms with Gasteiger partial charge in [-0.1, -0.05) is 221 Å². The van der Waals surface area contributed by atoms with Crippen molar-refractivity contribution < 1.29 is 18.9 Å². The minimum absolute atomic E-state index is 0.266. The smallest absolute Gasteiger partial charge is 0.303 e. The maximum absolute atomic E-state index is 13.2. The molecular formula is C52H91O4P. The van der Waals surface area contributed by atoms with Gasteiger partial charge in [0.15, 0.2) is 0 Å². The second-order valence-electron chi connectivity index (χ2n) is 19.9. The summed E-state index contributed by atoms with van der Waals surface area (Å²) in [5.41, 5.74) is 7.27. The SMILES string of the molecule is CCCCCCCCCCCCCc1cc(C(C)(C)C)c(C(CCC)(OP(=O)(O)O)c2cc(C)c(CCCCCCCCCCCCC)cc2C(C)(C)C)cc1C. The molecule has 0 heterocycles. The minimum Gasteiger partial charge on any atom is -0.303 e. The Bertz CT molecular complexity index is 1360. The summed E-state index contributed by atoms with van der Waals surface area (Å²) in [6.45, 7) is 24.4. The second kappa shape index (κ2) is 26.0. The Morgan fingerprint density at radius 3 is 1.02 bits per heavy atom. The van der Waals surface area contributed by atoms with Crippen molar-refractivity contribution in [2.75, 3.05) is 0 Å². The van der Waals surface area contributed by atoms with Crippen molar-refractivity contribution in [3.63, 3.8) is 0 Å². The summed E-state index contributed by atoms with van der Waals surface area (Å²) in [5, 5.41) is 0. The molecule has 0 radical (unpaired) electrons. The fourth-order valence-corrected chi connectivity index (χ4v) is 9.72. The van der Waals surface area contributed by atoms with E-state index in [9.17, 15) is 14.4 Å². The molecule has 0 saturated heterocycles. The summed E-state index contributed by atoms with van der Waals surface area (Å²) in [4.78, 5) is 21.5. The van der Waals surface area contributed by atoms with E-state index in [2.05, 4.69) is 100 Å². The first kappa shape index (κ1) is 51.7. The molecule has 0 aliphatic rings. The molecule has 2 aromatic carbocycles. The predicted octanol–water partition coefficient (Wildman–Crippen LogP) is 16.8. The first-order chi connectivity index (χ1) is 26.9. The van der Waals surface area contributed by atoms with Crippen molar-refractivity contribution in [1.29, 1.82) is 0 Å². The third-order valence-corrected chi connectivity index (χ3v) is 13.0. The van der Waals surface area contributed by atoms with Crippen LogP contribution in [0.3, 0.4) is 0 Å². The van der Waals surface area contributed by atoms with Gasteiger partial charge in [0.05, 0.1) is 0 Å². The van der Waals surface area contributed by atoms with Gasteiger partial charge in [0.2, 0.25) is 0 Å². The van der Waals surface area contributed by atoms with Gasteiger partial charge in [-0.25, -0.2) is 4.57 Å². The number of benzene rings is 2. The fraction of sp³-hybridized carbons (Fsp3) is 0.769. The second-order valence-corrected chi connectivity index (χ2v) is 21.0. The number of phosphoric acid groups is 1. The molecule has 0 unspecified atom stereocenters. The van der Waals surface area contributed by atoms with E-state index >= 15 is 0 Å². The lowest BCUT2D eigenvalue weighted by Crippen LogP contribution is -2.37. The third-order valence-electron chi connectivity index (χ3n) is 12.4. The first-order valence-corrected chi connectivity index (χ1v) is 25.5. The van der Waals surface area contributed by atoms with Crippen molar-refractivity contribution in [3.05, 3.63) is 68.8 Å². The van der Waals surface area contributed by atoms with Crippen LogP contribution < -0.4 is 0 Å². The van der Waals surface area contributed by atoms with Gasteiger partial charge in [0.25, 0.3) is 0 Å². The van der Waals surface area contributed by atoms with Gasteiger partial charge in [-0.2, -0.15) is 0 Å². The summed E-state index contributed by atoms with van der Waals surface area (Å²) in [6.07, 6.45) is 32.4. The van der Waals surface area contributed by atoms with E-state index in [4.69, 9.17) is 4.52 Å². The lowest BCUT2D eigenvalue weighted by molar-refractivity contribution is 0.0538. The van der Waals surface area contributed by atoms with Crippen molar-refractivity contribution in [1.82, 2.24) is 0 Å². The van der Waals surface area contributed by atoms with Gasteiger partial charge in [-0.3, -0.25) is 4.52 Å². The summed E-state index contributed by atoms with van der Waals surface area (Å²) >= 11 is 0. The Morgan fingerprint density at radius 1 is 0.456 bits per heavy atom. The lowest BCUT2D eigenvalue weighted by Gasteiger charge is -2.42. The number of phosphoric ester groups is 1. The zero-order chi connectivity index (χ0) is 42.5. The Morgan fingerprint density at radius 2 is 0.754 bits per heavy atom. The zero-order valence-corrected chi connectivity index (χ0v) is 40.2. The quantitative estimate of drug-likeness (QED) is 0.0609. The minimum atomic E-state index is -4.93. The molecule has 0 atom stereocenters. The number of unbranched alkanes of at least 4 members (excludes halogenated alkanes) is 20. The largest absolute Gasteiger partial charge is 0.470 e. The van der Waals surface area contributed by atoms with Crippen molar-refractivity contribution in [2.24, 2.45) is 0 Å². The van der Waals surface area contributed by atoms with Gasteiger partial charge >= 0.3 is 7.82 Å². The maximum atomic E-state index is 13.2. The van der Waals surface area contributed by atoms with Gasteiger partial charge < -0.3 is 9.79 Å². The molecule has 0 fully saturated rings. The molecule has 0 bridgehead atoms. The van der Waals surface area contributed by atoms with Gasteiger partial charge in [0.1, 0.15) is 5.60 Å². The Kier molecular flexibility index (Phi) is 23.6. The number of aryl methyl sites for hydroxylation is 4. The maximum Gasteiger partial charge on any atom is 0.470 e. The van der Waals surface area contributed by atoms with E-state index < -0.39 is 13.4 Å². The van der Waals surface area contributed by atoms with Crippen LogP contribution in [0.15, 0.2) is 24.3 Å². The van der Waals surface area contributed by atoms with Crippen LogP contribution in [0.4, 0.5) is 0 Å². The summed E-state index contributed by atoms with van der Waals surface area (Å²) < 4.78 is 19.5. The zero-order valence-electron chi connectivity index (χ0n) is 39.4. The van der Waals surface area contributed by atoms with Crippen molar-refractivity contribution in [3.8, 4) is 0 Å². The normalized spacial score (nSPS) is 12.9. The van der Waals surface area contributed by atoms with Crippen molar-refractivity contribution >= 4 is 7.82 Å². The summed E-state index contributed by atoms with van der Waals surface area (Å²) in [6, 6.07) is 9.19. The van der Waals surface area contributed by atoms with E-state index in [0.29, 0.717) is 12.8 Å². The third kappa shape index (κ3) is 18.4. The van der Waals surface area contributed by atoms with Crippen LogP contribution in [0.5, 0.6) is 0 Å². The topological polar surface area (TPSA) is 66.8 Å². The standard InChI is InChI=1S/C52H91O4P/c1-12-15-17-19-21-23-25-27-29-31-33-35-44-40-46(50(6,7)8)48(38-42(44)4)52(37-14-3,56-57(53,54)55)49-39-43(5)45(41-47(49)51(9,10)11)36-34-32-30-28-26-24-22-20-18-16-13-2/h38-41H,12-37H2,1-11H3,(H2,53,54,55). The Balaban J connectivity index is 2.43. The molecule has 0 spiro atoms. The lowest BCUT2D eigenvalue weighted by atomic mass is 9.68. The molecular weight excluding hydrogens is 720 g/mol. The molecule has 4 nitrogen and oxygen atoms in total. The van der Waals surface area contributed by atoms with E-state index in [-0.39, 0.29) is 10.8 Å². The summed E-state index contributed by atoms with van der Waals surface area (Å²) in [7, 11) is -4.93. The van der Waals surface area contributed by atoms with Crippen LogP contribution in [-0.2, 0) is 38.4 Å². The molecule has 57 heavy (non-hydrogen) atoms. The molecule has 328 valence electrons. The number of rotatable bonds is 30. The molecule has 2 rings (SSSR count). The molecule has 0 aromatic heterocycles. The molecule has 0 amide bonds. The highest BCUT2D eigenvalue weighted by Gasteiger charge is 2.46. The van der Waals surface area contributed by atoms with Gasteiger partial charge in [0, 0.05) is 0 Å². The van der Waals surface area contributed by atoms with Gasteiger partial charge in [-0.05, 0) is 101 Å². The van der Waals surface area contributed by atoms with Crippen LogP contribution in [0.1, 0.15) is 261 Å². The summed E-state index contributed by atoms with van der Waals surface area (Å²) in [5.74, 6) is 0. The van der Waals surface area contributed by atoms with E-state index in [1.807, 2.05) is 0 Å². The molecule has 0 aliphatic heterocycles.